The van der Waals surface area contributed by atoms with Crippen LogP contribution in [0, 0.1) is 0 Å². The van der Waals surface area contributed by atoms with E-state index in [1.807, 2.05) is 12.1 Å². The van der Waals surface area contributed by atoms with Gasteiger partial charge in [-0.3, -0.25) is 4.31 Å². The predicted molar refractivity (Wildman–Crippen MR) is 100 cm³/mol. The molecular formula is C20H19NO6S. The third-order valence-corrected chi connectivity index (χ3v) is 6.69. The molecule has 0 bridgehead atoms. The van der Waals surface area contributed by atoms with E-state index in [4.69, 9.17) is 9.47 Å². The summed E-state index contributed by atoms with van der Waals surface area (Å²) in [6.45, 7) is 2.06. The molecule has 0 aliphatic carbocycles. The second kappa shape index (κ2) is 6.94. The fourth-order valence-corrected chi connectivity index (χ4v) is 5.03. The first-order valence-electron chi connectivity index (χ1n) is 8.98. The minimum atomic E-state index is -3.82. The molecule has 1 saturated heterocycles. The van der Waals surface area contributed by atoms with E-state index in [2.05, 4.69) is 0 Å². The van der Waals surface area contributed by atoms with Gasteiger partial charge in [0.25, 0.3) is 10.0 Å². The fraction of sp³-hybridized carbons (Fsp3) is 0.300. The Bertz CT molecular complexity index is 1050. The van der Waals surface area contributed by atoms with Gasteiger partial charge in [0.15, 0.2) is 0 Å². The monoisotopic (exact) mass is 401 g/mol. The van der Waals surface area contributed by atoms with Gasteiger partial charge in [0.1, 0.15) is 6.10 Å². The Hall–Kier alpha value is -2.87. The quantitative estimate of drug-likeness (QED) is 0.731. The summed E-state index contributed by atoms with van der Waals surface area (Å²) < 4.78 is 37.8. The number of sulfonamides is 1. The Labute approximate surface area is 162 Å². The summed E-state index contributed by atoms with van der Waals surface area (Å²) in [6, 6.07) is 13.0. The number of hydrogen-bond acceptors (Lipinski definition) is 6. The van der Waals surface area contributed by atoms with Crippen LogP contribution < -0.4 is 4.31 Å². The Morgan fingerprint density at radius 2 is 1.96 bits per heavy atom. The van der Waals surface area contributed by atoms with Crippen LogP contribution in [-0.4, -0.2) is 39.1 Å². The number of fused-ring (bicyclic) bond motifs is 1. The molecule has 2 aromatic carbocycles. The Morgan fingerprint density at radius 1 is 1.18 bits per heavy atom. The van der Waals surface area contributed by atoms with Crippen LogP contribution >= 0.6 is 0 Å². The van der Waals surface area contributed by atoms with Crippen molar-refractivity contribution in [2.45, 2.75) is 36.9 Å². The zero-order valence-corrected chi connectivity index (χ0v) is 16.0. The summed E-state index contributed by atoms with van der Waals surface area (Å²) in [4.78, 5) is 24.1. The number of hydrogen-bond donors (Lipinski definition) is 0. The van der Waals surface area contributed by atoms with E-state index in [1.54, 1.807) is 19.1 Å². The highest BCUT2D eigenvalue weighted by Crippen LogP contribution is 2.33. The van der Waals surface area contributed by atoms with Crippen LogP contribution in [0.1, 0.15) is 29.3 Å². The minimum Gasteiger partial charge on any atom is -0.460 e. The van der Waals surface area contributed by atoms with Gasteiger partial charge in [-0.2, -0.15) is 0 Å². The van der Waals surface area contributed by atoms with Crippen LogP contribution in [-0.2, 0) is 30.7 Å². The second-order valence-electron chi connectivity index (χ2n) is 6.86. The lowest BCUT2D eigenvalue weighted by Gasteiger charge is -2.20. The van der Waals surface area contributed by atoms with Crippen molar-refractivity contribution in [3.63, 3.8) is 0 Å². The number of para-hydroxylation sites is 1. The van der Waals surface area contributed by atoms with Gasteiger partial charge in [0.05, 0.1) is 16.1 Å². The Kier molecular flexibility index (Phi) is 4.58. The molecule has 2 atom stereocenters. The summed E-state index contributed by atoms with van der Waals surface area (Å²) in [6.07, 6.45) is -0.354. The number of esters is 2. The van der Waals surface area contributed by atoms with Crippen molar-refractivity contribution in [1.29, 1.82) is 0 Å². The van der Waals surface area contributed by atoms with Gasteiger partial charge >= 0.3 is 11.9 Å². The highest BCUT2D eigenvalue weighted by Gasteiger charge is 2.36. The molecule has 8 heteroatoms. The molecule has 28 heavy (non-hydrogen) atoms. The van der Waals surface area contributed by atoms with Gasteiger partial charge < -0.3 is 9.47 Å². The first-order valence-corrected chi connectivity index (χ1v) is 10.4. The van der Waals surface area contributed by atoms with E-state index >= 15 is 0 Å². The van der Waals surface area contributed by atoms with Crippen molar-refractivity contribution in [3.8, 4) is 0 Å². The molecule has 1 fully saturated rings. The van der Waals surface area contributed by atoms with Crippen LogP contribution in [0.5, 0.6) is 0 Å². The lowest BCUT2D eigenvalue weighted by molar-refractivity contribution is -0.147. The highest BCUT2D eigenvalue weighted by molar-refractivity contribution is 7.92. The fourth-order valence-electron chi connectivity index (χ4n) is 3.48. The normalized spacial score (nSPS) is 21.3. The standard InChI is InChI=1S/C20H19NO6S/c1-13-11-18(20(23)26-13)27-19(22)15-6-4-7-16(12-15)28(24,25)21-10-9-14-5-2-3-8-17(14)21/h2-8,12-13,18H,9-11H2,1H3/t13-,18+/m0/s1. The van der Waals surface area contributed by atoms with Gasteiger partial charge in [-0.15, -0.1) is 0 Å². The molecule has 7 nitrogen and oxygen atoms in total. The Morgan fingerprint density at radius 3 is 2.71 bits per heavy atom. The number of nitrogens with zero attached hydrogens (tertiary/aromatic N) is 1. The zero-order chi connectivity index (χ0) is 19.9. The summed E-state index contributed by atoms with van der Waals surface area (Å²) in [5.74, 6) is -1.34. The third kappa shape index (κ3) is 3.24. The van der Waals surface area contributed by atoms with Crippen LogP contribution in [0.3, 0.4) is 0 Å². The van der Waals surface area contributed by atoms with Gasteiger partial charge in [0.2, 0.25) is 6.10 Å². The number of carbonyl (C=O) groups is 2. The lowest BCUT2D eigenvalue weighted by Crippen LogP contribution is -2.29. The molecular weight excluding hydrogens is 382 g/mol. The van der Waals surface area contributed by atoms with Crippen LogP contribution in [0.25, 0.3) is 0 Å². The molecule has 0 radical (unpaired) electrons. The highest BCUT2D eigenvalue weighted by atomic mass is 32.2. The number of rotatable bonds is 4. The second-order valence-corrected chi connectivity index (χ2v) is 8.72. The Balaban J connectivity index is 1.58. The van der Waals surface area contributed by atoms with Gasteiger partial charge in [-0.25, -0.2) is 18.0 Å². The third-order valence-electron chi connectivity index (χ3n) is 4.88. The number of cyclic esters (lactones) is 1. The van der Waals surface area contributed by atoms with E-state index in [9.17, 15) is 18.0 Å². The van der Waals surface area contributed by atoms with Gasteiger partial charge in [0, 0.05) is 13.0 Å². The number of benzene rings is 2. The molecule has 0 amide bonds. The molecule has 2 aliphatic heterocycles. The molecule has 0 spiro atoms. The molecule has 0 N–H and O–H groups in total. The maximum atomic E-state index is 13.1. The summed E-state index contributed by atoms with van der Waals surface area (Å²) in [5.41, 5.74) is 1.69. The van der Waals surface area contributed by atoms with E-state index < -0.39 is 28.1 Å². The van der Waals surface area contributed by atoms with E-state index in [1.165, 1.54) is 28.6 Å². The molecule has 146 valence electrons. The molecule has 4 rings (SSSR count). The molecule has 2 heterocycles. The zero-order valence-electron chi connectivity index (χ0n) is 15.2. The molecule has 2 aliphatic rings. The molecule has 0 unspecified atom stereocenters. The molecule has 0 saturated carbocycles. The average Bonchev–Trinajstić information content (AvgIpc) is 3.25. The maximum Gasteiger partial charge on any atom is 0.347 e. The first-order chi connectivity index (χ1) is 13.4. The van der Waals surface area contributed by atoms with Gasteiger partial charge in [-0.05, 0) is 43.2 Å². The first kappa shape index (κ1) is 18.5. The van der Waals surface area contributed by atoms with Crippen molar-refractivity contribution < 1.29 is 27.5 Å². The minimum absolute atomic E-state index is 0.000944. The smallest absolute Gasteiger partial charge is 0.347 e. The van der Waals surface area contributed by atoms with Gasteiger partial charge in [-0.1, -0.05) is 24.3 Å². The number of ether oxygens (including phenoxy) is 2. The SMILES string of the molecule is C[C@H]1C[C@@H](OC(=O)c2cccc(S(=O)(=O)N3CCc4ccccc43)c2)C(=O)O1. The average molecular weight is 401 g/mol. The van der Waals surface area contributed by atoms with Crippen molar-refractivity contribution in [2.24, 2.45) is 0 Å². The van der Waals surface area contributed by atoms with Crippen LogP contribution in [0.2, 0.25) is 0 Å². The number of anilines is 1. The van der Waals surface area contributed by atoms with E-state index in [0.717, 1.165) is 5.56 Å². The summed E-state index contributed by atoms with van der Waals surface area (Å²) >= 11 is 0. The van der Waals surface area contributed by atoms with Crippen molar-refractivity contribution in [3.05, 3.63) is 59.7 Å². The summed E-state index contributed by atoms with van der Waals surface area (Å²) in [5, 5.41) is 0. The van der Waals surface area contributed by atoms with Crippen LogP contribution in [0.15, 0.2) is 53.4 Å². The predicted octanol–water partition coefficient (Wildman–Crippen LogP) is 2.30. The van der Waals surface area contributed by atoms with Crippen LogP contribution in [0.4, 0.5) is 5.69 Å². The van der Waals surface area contributed by atoms with Crippen molar-refractivity contribution in [2.75, 3.05) is 10.8 Å². The molecule has 2 aromatic rings. The topological polar surface area (TPSA) is 90.0 Å². The van der Waals surface area contributed by atoms with Crippen molar-refractivity contribution in [1.82, 2.24) is 0 Å². The number of carbonyl (C=O) groups excluding carboxylic acids is 2. The largest absolute Gasteiger partial charge is 0.460 e. The summed E-state index contributed by atoms with van der Waals surface area (Å²) in [7, 11) is -3.82. The van der Waals surface area contributed by atoms with E-state index in [0.29, 0.717) is 18.7 Å². The molecule has 0 aromatic heterocycles. The van der Waals surface area contributed by atoms with E-state index in [-0.39, 0.29) is 23.0 Å². The van der Waals surface area contributed by atoms with Crippen molar-refractivity contribution >= 4 is 27.6 Å². The maximum absolute atomic E-state index is 13.1. The lowest BCUT2D eigenvalue weighted by atomic mass is 10.2.